The average Bonchev–Trinajstić information content (AvgIpc) is 3.21. The number of hydrogen-bond acceptors (Lipinski definition) is 5. The molecule has 3 aromatic heterocycles. The number of benzene rings is 1. The summed E-state index contributed by atoms with van der Waals surface area (Å²) in [6.07, 6.45) is 5.50. The predicted octanol–water partition coefficient (Wildman–Crippen LogP) is 3.27. The van der Waals surface area contributed by atoms with E-state index in [1.54, 1.807) is 18.5 Å². The molecule has 7 nitrogen and oxygen atoms in total. The molecule has 30 heavy (non-hydrogen) atoms. The first-order chi connectivity index (χ1) is 14.7. The zero-order chi connectivity index (χ0) is 20.9. The number of anilines is 2. The van der Waals surface area contributed by atoms with Gasteiger partial charge in [-0.3, -0.25) is 4.79 Å². The van der Waals surface area contributed by atoms with Crippen LogP contribution < -0.4 is 10.6 Å². The van der Waals surface area contributed by atoms with Gasteiger partial charge in [0.05, 0.1) is 0 Å². The number of carbonyl (C=O) groups is 1. The lowest BCUT2D eigenvalue weighted by molar-refractivity contribution is -0.111. The van der Waals surface area contributed by atoms with Crippen LogP contribution >= 0.6 is 0 Å². The number of H-pyrrole nitrogens is 1. The first-order valence-corrected chi connectivity index (χ1v) is 9.30. The number of aromatic amines is 1. The summed E-state index contributed by atoms with van der Waals surface area (Å²) in [5, 5.41) is 15.5. The van der Waals surface area contributed by atoms with Gasteiger partial charge in [-0.25, -0.2) is 9.97 Å². The Balaban J connectivity index is 1.70. The zero-order valence-corrected chi connectivity index (χ0v) is 16.2. The van der Waals surface area contributed by atoms with E-state index in [1.165, 1.54) is 0 Å². The van der Waals surface area contributed by atoms with Gasteiger partial charge in [0.25, 0.3) is 5.91 Å². The Morgan fingerprint density at radius 3 is 2.87 bits per heavy atom. The summed E-state index contributed by atoms with van der Waals surface area (Å²) >= 11 is 0. The van der Waals surface area contributed by atoms with Crippen molar-refractivity contribution in [3.8, 4) is 34.1 Å². The van der Waals surface area contributed by atoms with Crippen LogP contribution in [0.1, 0.15) is 0 Å². The second-order valence-electron chi connectivity index (χ2n) is 6.50. The minimum absolute atomic E-state index is 0.356. The molecule has 0 atom stereocenters. The van der Waals surface area contributed by atoms with Crippen molar-refractivity contribution in [2.24, 2.45) is 0 Å². The molecule has 1 aromatic carbocycles. The average molecular weight is 397 g/mol. The Bertz CT molecular complexity index is 1280. The minimum Gasteiger partial charge on any atom is -0.384 e. The lowest BCUT2D eigenvalue weighted by Crippen LogP contribution is -2.08. The number of carbonyl (C=O) groups excluding carboxylic acids is 1. The number of rotatable bonds is 4. The SMILES string of the molecule is CNc1cc(-c2c[nH]c3ncc(-c4cccc(NC(=O)C#CCO)c4)cc23)ccn1. The van der Waals surface area contributed by atoms with E-state index in [1.807, 2.05) is 43.6 Å². The van der Waals surface area contributed by atoms with Crippen LogP contribution in [0.2, 0.25) is 0 Å². The molecule has 0 aliphatic carbocycles. The van der Waals surface area contributed by atoms with E-state index in [-0.39, 0.29) is 6.61 Å². The summed E-state index contributed by atoms with van der Waals surface area (Å²) in [5.74, 6) is 4.97. The Labute approximate surface area is 173 Å². The highest BCUT2D eigenvalue weighted by Crippen LogP contribution is 2.32. The number of nitrogens with zero attached hydrogens (tertiary/aromatic N) is 2. The van der Waals surface area contributed by atoms with Crippen molar-refractivity contribution in [2.75, 3.05) is 24.3 Å². The molecule has 0 saturated carbocycles. The molecule has 4 N–H and O–H groups in total. The standard InChI is InChI=1S/C23H19N5O2/c1-24-21-12-16(7-8-25-21)20-14-27-23-19(20)11-17(13-26-23)15-4-2-5-18(10-15)28-22(30)6-3-9-29/h2,4-5,7-8,10-14,29H,9H2,1H3,(H,24,25)(H,26,27)(H,28,30). The molecule has 0 spiro atoms. The van der Waals surface area contributed by atoms with Gasteiger partial charge in [-0.05, 0) is 47.4 Å². The van der Waals surface area contributed by atoms with Gasteiger partial charge in [-0.15, -0.1) is 0 Å². The number of pyridine rings is 2. The molecule has 7 heteroatoms. The molecule has 0 aliphatic rings. The van der Waals surface area contributed by atoms with Gasteiger partial charge in [0.2, 0.25) is 0 Å². The van der Waals surface area contributed by atoms with E-state index in [0.717, 1.165) is 39.1 Å². The van der Waals surface area contributed by atoms with E-state index in [9.17, 15) is 4.79 Å². The van der Waals surface area contributed by atoms with Crippen LogP contribution in [0.5, 0.6) is 0 Å². The predicted molar refractivity (Wildman–Crippen MR) is 118 cm³/mol. The van der Waals surface area contributed by atoms with Crippen LogP contribution in [0.3, 0.4) is 0 Å². The molecule has 4 rings (SSSR count). The molecule has 0 bridgehead atoms. The van der Waals surface area contributed by atoms with E-state index < -0.39 is 5.91 Å². The minimum atomic E-state index is -0.472. The van der Waals surface area contributed by atoms with Crippen LogP contribution in [-0.4, -0.2) is 39.6 Å². The van der Waals surface area contributed by atoms with Crippen molar-refractivity contribution >= 4 is 28.4 Å². The van der Waals surface area contributed by atoms with Crippen molar-refractivity contribution < 1.29 is 9.90 Å². The third-order valence-electron chi connectivity index (χ3n) is 4.59. The number of amides is 1. The molecule has 3 heterocycles. The maximum absolute atomic E-state index is 11.8. The monoisotopic (exact) mass is 397 g/mol. The highest BCUT2D eigenvalue weighted by molar-refractivity contribution is 6.04. The van der Waals surface area contributed by atoms with Crippen LogP contribution in [0.4, 0.5) is 11.5 Å². The van der Waals surface area contributed by atoms with Gasteiger partial charge in [-0.1, -0.05) is 18.1 Å². The first kappa shape index (κ1) is 19.2. The quantitative estimate of drug-likeness (QED) is 0.396. The van der Waals surface area contributed by atoms with Crippen LogP contribution in [-0.2, 0) is 4.79 Å². The molecule has 0 fully saturated rings. The van der Waals surface area contributed by atoms with E-state index in [4.69, 9.17) is 5.11 Å². The molecular weight excluding hydrogens is 378 g/mol. The van der Waals surface area contributed by atoms with Gasteiger partial charge in [-0.2, -0.15) is 0 Å². The fourth-order valence-electron chi connectivity index (χ4n) is 3.19. The van der Waals surface area contributed by atoms with E-state index in [0.29, 0.717) is 5.69 Å². The fourth-order valence-corrected chi connectivity index (χ4v) is 3.19. The maximum Gasteiger partial charge on any atom is 0.300 e. The summed E-state index contributed by atoms with van der Waals surface area (Å²) in [7, 11) is 1.84. The smallest absolute Gasteiger partial charge is 0.300 e. The number of hydrogen-bond donors (Lipinski definition) is 4. The maximum atomic E-state index is 11.8. The highest BCUT2D eigenvalue weighted by Gasteiger charge is 2.10. The van der Waals surface area contributed by atoms with E-state index >= 15 is 0 Å². The largest absolute Gasteiger partial charge is 0.384 e. The molecule has 0 aliphatic heterocycles. The van der Waals surface area contributed by atoms with Crippen molar-refractivity contribution in [2.45, 2.75) is 0 Å². The van der Waals surface area contributed by atoms with E-state index in [2.05, 4.69) is 43.5 Å². The lowest BCUT2D eigenvalue weighted by atomic mass is 10.0. The van der Waals surface area contributed by atoms with Gasteiger partial charge in [0.15, 0.2) is 0 Å². The number of fused-ring (bicyclic) bond motifs is 1. The molecule has 148 valence electrons. The van der Waals surface area contributed by atoms with Crippen molar-refractivity contribution in [1.29, 1.82) is 0 Å². The number of aromatic nitrogens is 3. The van der Waals surface area contributed by atoms with Gasteiger partial charge >= 0.3 is 0 Å². The van der Waals surface area contributed by atoms with Crippen LogP contribution in [0.25, 0.3) is 33.3 Å². The fraction of sp³-hybridized carbons (Fsp3) is 0.0870. The lowest BCUT2D eigenvalue weighted by Gasteiger charge is -2.07. The number of nitrogens with one attached hydrogen (secondary N) is 3. The molecule has 0 unspecified atom stereocenters. The van der Waals surface area contributed by atoms with Gasteiger partial charge in [0.1, 0.15) is 18.1 Å². The normalized spacial score (nSPS) is 10.3. The topological polar surface area (TPSA) is 103 Å². The first-order valence-electron chi connectivity index (χ1n) is 9.30. The molecule has 0 saturated heterocycles. The molecule has 4 aromatic rings. The zero-order valence-electron chi connectivity index (χ0n) is 16.2. The number of aliphatic hydroxyl groups excluding tert-OH is 1. The van der Waals surface area contributed by atoms with Gasteiger partial charge < -0.3 is 20.7 Å². The highest BCUT2D eigenvalue weighted by atomic mass is 16.2. The van der Waals surface area contributed by atoms with Crippen molar-refractivity contribution in [3.63, 3.8) is 0 Å². The van der Waals surface area contributed by atoms with Crippen molar-refractivity contribution in [3.05, 3.63) is 61.1 Å². The summed E-state index contributed by atoms with van der Waals surface area (Å²) < 4.78 is 0. The second kappa shape index (κ2) is 8.47. The van der Waals surface area contributed by atoms with Gasteiger partial charge in [0, 0.05) is 47.8 Å². The second-order valence-corrected chi connectivity index (χ2v) is 6.50. The third kappa shape index (κ3) is 3.99. The summed E-state index contributed by atoms with van der Waals surface area (Å²) in [5.41, 5.74) is 5.30. The Hall–Kier alpha value is -4.15. The Kier molecular flexibility index (Phi) is 5.42. The van der Waals surface area contributed by atoms with Crippen molar-refractivity contribution in [1.82, 2.24) is 15.0 Å². The van der Waals surface area contributed by atoms with Crippen LogP contribution in [0.15, 0.2) is 61.1 Å². The number of aliphatic hydroxyl groups is 1. The molecular formula is C23H19N5O2. The summed E-state index contributed by atoms with van der Waals surface area (Å²) in [6.45, 7) is -0.356. The summed E-state index contributed by atoms with van der Waals surface area (Å²) in [6, 6.07) is 13.5. The van der Waals surface area contributed by atoms with Crippen LogP contribution in [0, 0.1) is 11.8 Å². The molecule has 1 amide bonds. The summed E-state index contributed by atoms with van der Waals surface area (Å²) in [4.78, 5) is 23.8. The third-order valence-corrected chi connectivity index (χ3v) is 4.59. The molecule has 0 radical (unpaired) electrons. The Morgan fingerprint density at radius 1 is 1.13 bits per heavy atom. The Morgan fingerprint density at radius 2 is 2.03 bits per heavy atom.